The van der Waals surface area contributed by atoms with Crippen molar-refractivity contribution in [3.05, 3.63) is 0 Å². The Labute approximate surface area is 118 Å². The first kappa shape index (κ1) is 17.9. The molecule has 7 heteroatoms. The molecule has 2 amide bonds. The van der Waals surface area contributed by atoms with Crippen molar-refractivity contribution in [1.82, 2.24) is 10.6 Å². The van der Waals surface area contributed by atoms with Gasteiger partial charge in [-0.3, -0.25) is 9.59 Å². The van der Waals surface area contributed by atoms with Gasteiger partial charge >= 0.3 is 5.97 Å². The van der Waals surface area contributed by atoms with Gasteiger partial charge in [0.1, 0.15) is 12.1 Å². The molecule has 0 bridgehead atoms. The number of amides is 2. The van der Waals surface area contributed by atoms with Crippen molar-refractivity contribution in [2.24, 2.45) is 11.8 Å². The van der Waals surface area contributed by atoms with Gasteiger partial charge in [-0.1, -0.05) is 13.8 Å². The summed E-state index contributed by atoms with van der Waals surface area (Å²) in [6.45, 7) is 6.35. The van der Waals surface area contributed by atoms with E-state index < -0.39 is 29.9 Å². The van der Waals surface area contributed by atoms with E-state index in [0.717, 1.165) is 0 Å². The van der Waals surface area contributed by atoms with E-state index >= 15 is 0 Å². The highest BCUT2D eigenvalue weighted by Gasteiger charge is 2.28. The Morgan fingerprint density at radius 3 is 2.10 bits per heavy atom. The first-order valence-electron chi connectivity index (χ1n) is 6.38. The Bertz CT molecular complexity index is 414. The molecule has 3 atom stereocenters. The fraction of sp³-hybridized carbons (Fsp3) is 0.692. The lowest BCUT2D eigenvalue weighted by Gasteiger charge is -2.23. The number of rotatable bonds is 7. The Kier molecular flexibility index (Phi) is 7.29. The highest BCUT2D eigenvalue weighted by molar-refractivity contribution is 5.90. The highest BCUT2D eigenvalue weighted by Crippen LogP contribution is 2.07. The minimum absolute atomic E-state index is 0.0163. The average Bonchev–Trinajstić information content (AvgIpc) is 2.33. The quantitative estimate of drug-likeness (QED) is 0.619. The number of carbonyl (C=O) groups is 3. The molecule has 0 unspecified atom stereocenters. The first-order chi connectivity index (χ1) is 9.18. The van der Waals surface area contributed by atoms with Crippen molar-refractivity contribution in [2.45, 2.75) is 46.2 Å². The molecule has 0 aromatic carbocycles. The van der Waals surface area contributed by atoms with Crippen molar-refractivity contribution >= 4 is 17.8 Å². The topological polar surface area (TPSA) is 119 Å². The molecule has 0 radical (unpaired) electrons. The molecule has 0 saturated heterocycles. The summed E-state index contributed by atoms with van der Waals surface area (Å²) in [7, 11) is 0. The normalized spacial score (nSPS) is 14.8. The van der Waals surface area contributed by atoms with Crippen LogP contribution in [0.25, 0.3) is 0 Å². The molecule has 20 heavy (non-hydrogen) atoms. The molecule has 0 fully saturated rings. The summed E-state index contributed by atoms with van der Waals surface area (Å²) in [4.78, 5) is 34.2. The Hall–Kier alpha value is -2.10. The standard InChI is InChI=1S/C13H21N3O4/c1-7(2)11(15-9(4)17)12(18)16-10(13(19)20)5-8(3)6-14/h7-8,10-11H,5H2,1-4H3,(H,15,17)(H,16,18)(H,19,20)/t8-,10-,11-/m1/s1. The number of nitriles is 1. The molecular formula is C13H21N3O4. The van der Waals surface area contributed by atoms with Gasteiger partial charge in [-0.15, -0.1) is 0 Å². The summed E-state index contributed by atoms with van der Waals surface area (Å²) in [6.07, 6.45) is 0.0163. The van der Waals surface area contributed by atoms with Gasteiger partial charge in [0.25, 0.3) is 0 Å². The van der Waals surface area contributed by atoms with E-state index in [1.165, 1.54) is 6.92 Å². The van der Waals surface area contributed by atoms with Crippen LogP contribution in [0.4, 0.5) is 0 Å². The van der Waals surface area contributed by atoms with Crippen LogP contribution in [-0.2, 0) is 14.4 Å². The van der Waals surface area contributed by atoms with Gasteiger partial charge in [0.2, 0.25) is 11.8 Å². The maximum absolute atomic E-state index is 12.0. The lowest BCUT2D eigenvalue weighted by atomic mass is 10.0. The minimum atomic E-state index is -1.20. The second-order valence-corrected chi connectivity index (χ2v) is 5.09. The fourth-order valence-electron chi connectivity index (χ4n) is 1.64. The van der Waals surface area contributed by atoms with Crippen molar-refractivity contribution in [2.75, 3.05) is 0 Å². The molecule has 0 heterocycles. The van der Waals surface area contributed by atoms with Gasteiger partial charge < -0.3 is 15.7 Å². The summed E-state index contributed by atoms with van der Waals surface area (Å²) in [5.41, 5.74) is 0. The molecule has 7 nitrogen and oxygen atoms in total. The molecule has 0 rings (SSSR count). The van der Waals surface area contributed by atoms with E-state index in [2.05, 4.69) is 10.6 Å². The summed E-state index contributed by atoms with van der Waals surface area (Å²) >= 11 is 0. The Balaban J connectivity index is 4.84. The van der Waals surface area contributed by atoms with Gasteiger partial charge in [0.15, 0.2) is 0 Å². The fourth-order valence-corrected chi connectivity index (χ4v) is 1.64. The van der Waals surface area contributed by atoms with Crippen molar-refractivity contribution < 1.29 is 19.5 Å². The maximum atomic E-state index is 12.0. The number of hydrogen-bond acceptors (Lipinski definition) is 4. The summed E-state index contributed by atoms with van der Waals surface area (Å²) in [5, 5.41) is 22.6. The monoisotopic (exact) mass is 283 g/mol. The van der Waals surface area contributed by atoms with Crippen LogP contribution >= 0.6 is 0 Å². The lowest BCUT2D eigenvalue weighted by molar-refractivity contribution is -0.142. The van der Waals surface area contributed by atoms with E-state index in [1.807, 2.05) is 6.07 Å². The van der Waals surface area contributed by atoms with Crippen LogP contribution < -0.4 is 10.6 Å². The molecule has 112 valence electrons. The van der Waals surface area contributed by atoms with Crippen LogP contribution in [0.15, 0.2) is 0 Å². The third kappa shape index (κ3) is 6.18. The van der Waals surface area contributed by atoms with Crippen LogP contribution in [0.5, 0.6) is 0 Å². The second-order valence-electron chi connectivity index (χ2n) is 5.09. The van der Waals surface area contributed by atoms with E-state index in [9.17, 15) is 14.4 Å². The second kappa shape index (κ2) is 8.15. The number of carboxylic acids is 1. The molecule has 0 aliphatic rings. The van der Waals surface area contributed by atoms with E-state index in [1.54, 1.807) is 20.8 Å². The number of nitrogens with zero attached hydrogens (tertiary/aromatic N) is 1. The molecular weight excluding hydrogens is 262 g/mol. The largest absolute Gasteiger partial charge is 0.480 e. The predicted molar refractivity (Wildman–Crippen MR) is 71.4 cm³/mol. The average molecular weight is 283 g/mol. The van der Waals surface area contributed by atoms with E-state index in [4.69, 9.17) is 10.4 Å². The molecule has 0 aromatic heterocycles. The van der Waals surface area contributed by atoms with Gasteiger partial charge in [-0.05, 0) is 19.3 Å². The zero-order chi connectivity index (χ0) is 15.9. The molecule has 0 spiro atoms. The Morgan fingerprint density at radius 1 is 1.20 bits per heavy atom. The third-order valence-electron chi connectivity index (χ3n) is 2.73. The maximum Gasteiger partial charge on any atom is 0.326 e. The minimum Gasteiger partial charge on any atom is -0.480 e. The number of carboxylic acid groups (broad SMARTS) is 1. The lowest BCUT2D eigenvalue weighted by Crippen LogP contribution is -2.53. The number of nitrogens with one attached hydrogen (secondary N) is 2. The van der Waals surface area contributed by atoms with Gasteiger partial charge in [0, 0.05) is 12.8 Å². The van der Waals surface area contributed by atoms with Gasteiger partial charge in [-0.25, -0.2) is 4.79 Å². The molecule has 0 aromatic rings. The SMILES string of the molecule is CC(=O)N[C@@H](C(=O)N[C@H](C[C@@H](C)C#N)C(=O)O)C(C)C. The number of hydrogen-bond donors (Lipinski definition) is 3. The molecule has 0 saturated carbocycles. The van der Waals surface area contributed by atoms with Crippen molar-refractivity contribution in [3.63, 3.8) is 0 Å². The van der Waals surface area contributed by atoms with E-state index in [0.29, 0.717) is 0 Å². The Morgan fingerprint density at radius 2 is 1.75 bits per heavy atom. The van der Waals surface area contributed by atoms with Gasteiger partial charge in [-0.2, -0.15) is 5.26 Å². The smallest absolute Gasteiger partial charge is 0.326 e. The van der Waals surface area contributed by atoms with Crippen LogP contribution in [0.3, 0.4) is 0 Å². The zero-order valence-electron chi connectivity index (χ0n) is 12.1. The molecule has 0 aliphatic carbocycles. The molecule has 3 N–H and O–H groups in total. The van der Waals surface area contributed by atoms with Gasteiger partial charge in [0.05, 0.1) is 6.07 Å². The third-order valence-corrected chi connectivity index (χ3v) is 2.73. The summed E-state index contributed by atoms with van der Waals surface area (Å²) in [6, 6.07) is -0.0221. The first-order valence-corrected chi connectivity index (χ1v) is 6.38. The number of carbonyl (C=O) groups excluding carboxylic acids is 2. The number of aliphatic carboxylic acids is 1. The van der Waals surface area contributed by atoms with Crippen molar-refractivity contribution in [1.29, 1.82) is 5.26 Å². The van der Waals surface area contributed by atoms with Crippen LogP contribution in [0, 0.1) is 23.2 Å². The zero-order valence-corrected chi connectivity index (χ0v) is 12.1. The predicted octanol–water partition coefficient (Wildman–Crippen LogP) is 0.266. The summed E-state index contributed by atoms with van der Waals surface area (Å²) in [5.74, 6) is -2.80. The van der Waals surface area contributed by atoms with Crippen molar-refractivity contribution in [3.8, 4) is 6.07 Å². The highest BCUT2D eigenvalue weighted by atomic mass is 16.4. The van der Waals surface area contributed by atoms with Crippen LogP contribution in [0.1, 0.15) is 34.1 Å². The molecule has 0 aliphatic heterocycles. The summed E-state index contributed by atoms with van der Waals surface area (Å²) < 4.78 is 0. The van der Waals surface area contributed by atoms with Crippen LogP contribution in [0.2, 0.25) is 0 Å². The van der Waals surface area contributed by atoms with E-state index in [-0.39, 0.29) is 18.2 Å². The van der Waals surface area contributed by atoms with Crippen LogP contribution in [-0.4, -0.2) is 35.0 Å².